The molecule has 10 heteroatoms. The molecule has 8 nitrogen and oxygen atoms in total. The number of carbonyl (C=O) groups excluding carboxylic acids is 2. The Morgan fingerprint density at radius 3 is 2.53 bits per heavy atom. The molecule has 0 N–H and O–H groups in total. The zero-order valence-corrected chi connectivity index (χ0v) is 17.8. The summed E-state index contributed by atoms with van der Waals surface area (Å²) in [6.07, 6.45) is 5.07. The van der Waals surface area contributed by atoms with Crippen LogP contribution in [0.4, 0.5) is 4.39 Å². The van der Waals surface area contributed by atoms with Gasteiger partial charge in [0, 0.05) is 26.2 Å². The van der Waals surface area contributed by atoms with Gasteiger partial charge in [-0.2, -0.15) is 4.31 Å². The second kappa shape index (κ2) is 9.84. The summed E-state index contributed by atoms with van der Waals surface area (Å²) < 4.78 is 51.1. The van der Waals surface area contributed by atoms with E-state index in [9.17, 15) is 22.4 Å². The maximum absolute atomic E-state index is 14.2. The Morgan fingerprint density at radius 2 is 1.87 bits per heavy atom. The lowest BCUT2D eigenvalue weighted by molar-refractivity contribution is -0.135. The Kier molecular flexibility index (Phi) is 7.43. The topological polar surface area (TPSA) is 93.2 Å². The van der Waals surface area contributed by atoms with Crippen LogP contribution in [0.3, 0.4) is 0 Å². The number of esters is 1. The maximum Gasteiger partial charge on any atom is 0.341 e. The van der Waals surface area contributed by atoms with E-state index in [1.54, 1.807) is 11.9 Å². The quantitative estimate of drug-likeness (QED) is 0.624. The van der Waals surface area contributed by atoms with Gasteiger partial charge in [0.25, 0.3) is 5.91 Å². The number of amides is 1. The predicted octanol–water partition coefficient (Wildman–Crippen LogP) is 1.79. The van der Waals surface area contributed by atoms with E-state index in [0.29, 0.717) is 0 Å². The molecule has 30 heavy (non-hydrogen) atoms. The van der Waals surface area contributed by atoms with Gasteiger partial charge >= 0.3 is 5.97 Å². The highest BCUT2D eigenvalue weighted by Gasteiger charge is 2.29. The summed E-state index contributed by atoms with van der Waals surface area (Å²) in [5, 5.41) is 0. The second-order valence-corrected chi connectivity index (χ2v) is 9.47. The van der Waals surface area contributed by atoms with Crippen LogP contribution in [0.5, 0.6) is 0 Å². The van der Waals surface area contributed by atoms with Crippen LogP contribution >= 0.6 is 0 Å². The molecule has 1 aromatic carbocycles. The van der Waals surface area contributed by atoms with E-state index in [1.165, 1.54) is 4.31 Å². The number of sulfonamides is 1. The molecule has 1 saturated heterocycles. The van der Waals surface area contributed by atoms with Crippen molar-refractivity contribution in [2.24, 2.45) is 0 Å². The number of ether oxygens (including phenoxy) is 2. The van der Waals surface area contributed by atoms with E-state index < -0.39 is 34.0 Å². The number of hydrogen-bond acceptors (Lipinski definition) is 6. The number of halogens is 1. The van der Waals surface area contributed by atoms with Crippen molar-refractivity contribution < 1.29 is 31.9 Å². The van der Waals surface area contributed by atoms with Crippen molar-refractivity contribution in [3.8, 4) is 0 Å². The highest BCUT2D eigenvalue weighted by molar-refractivity contribution is 7.89. The van der Waals surface area contributed by atoms with Crippen molar-refractivity contribution in [3.05, 3.63) is 29.6 Å². The van der Waals surface area contributed by atoms with Crippen LogP contribution in [0.25, 0.3) is 0 Å². The molecule has 1 aliphatic heterocycles. The molecule has 0 bridgehead atoms. The lowest BCUT2D eigenvalue weighted by Crippen LogP contribution is -2.41. The molecule has 2 fully saturated rings. The molecule has 1 amide bonds. The largest absolute Gasteiger partial charge is 0.452 e. The van der Waals surface area contributed by atoms with Gasteiger partial charge in [-0.15, -0.1) is 0 Å². The van der Waals surface area contributed by atoms with E-state index in [-0.39, 0.29) is 43.1 Å². The summed E-state index contributed by atoms with van der Waals surface area (Å²) in [4.78, 5) is 26.1. The molecule has 1 aromatic rings. The standard InChI is InChI=1S/C20H27FN2O6S/c1-22(15-5-3-2-4-6-15)19(24)14-29-20(25)17-13-16(7-8-18(17)21)30(26,27)23-9-11-28-12-10-23/h7-8,13,15H,2-6,9-12,14H2,1H3. The maximum atomic E-state index is 14.2. The van der Waals surface area contributed by atoms with Gasteiger partial charge in [-0.05, 0) is 31.0 Å². The minimum absolute atomic E-state index is 0.115. The van der Waals surface area contributed by atoms with E-state index in [4.69, 9.17) is 9.47 Å². The molecule has 0 unspecified atom stereocenters. The fraction of sp³-hybridized carbons (Fsp3) is 0.600. The SMILES string of the molecule is CN(C(=O)COC(=O)c1cc(S(=O)(=O)N2CCOCC2)ccc1F)C1CCCCC1. The van der Waals surface area contributed by atoms with E-state index in [0.717, 1.165) is 50.3 Å². The Morgan fingerprint density at radius 1 is 1.20 bits per heavy atom. The number of benzene rings is 1. The Balaban J connectivity index is 1.66. The number of rotatable bonds is 6. The Bertz CT molecular complexity index is 879. The molecule has 1 heterocycles. The smallest absolute Gasteiger partial charge is 0.341 e. The van der Waals surface area contributed by atoms with Crippen LogP contribution in [-0.4, -0.2) is 75.5 Å². The predicted molar refractivity (Wildman–Crippen MR) is 106 cm³/mol. The third-order valence-corrected chi connectivity index (χ3v) is 7.50. The number of likely N-dealkylation sites (N-methyl/N-ethyl adjacent to an activating group) is 1. The summed E-state index contributed by atoms with van der Waals surface area (Å²) in [7, 11) is -2.22. The van der Waals surface area contributed by atoms with E-state index >= 15 is 0 Å². The Labute approximate surface area is 176 Å². The number of hydrogen-bond donors (Lipinski definition) is 0. The van der Waals surface area contributed by atoms with Crippen LogP contribution in [0.1, 0.15) is 42.5 Å². The number of nitrogens with zero attached hydrogens (tertiary/aromatic N) is 2. The van der Waals surface area contributed by atoms with Crippen LogP contribution in [-0.2, 0) is 24.3 Å². The normalized spacial score (nSPS) is 18.7. The molecule has 0 radical (unpaired) electrons. The molecule has 0 atom stereocenters. The zero-order chi connectivity index (χ0) is 21.7. The lowest BCUT2D eigenvalue weighted by atomic mass is 9.94. The number of morpholine rings is 1. The first-order valence-corrected chi connectivity index (χ1v) is 11.5. The highest BCUT2D eigenvalue weighted by atomic mass is 32.2. The molecule has 1 saturated carbocycles. The fourth-order valence-corrected chi connectivity index (χ4v) is 5.17. The van der Waals surface area contributed by atoms with Gasteiger partial charge in [0.2, 0.25) is 10.0 Å². The second-order valence-electron chi connectivity index (χ2n) is 7.53. The first kappa shape index (κ1) is 22.6. The van der Waals surface area contributed by atoms with Gasteiger partial charge in [-0.3, -0.25) is 4.79 Å². The van der Waals surface area contributed by atoms with Gasteiger partial charge in [-0.1, -0.05) is 19.3 Å². The minimum Gasteiger partial charge on any atom is -0.452 e. The molecular weight excluding hydrogens is 415 g/mol. The van der Waals surface area contributed by atoms with E-state index in [2.05, 4.69) is 0 Å². The van der Waals surface area contributed by atoms with Gasteiger partial charge in [0.05, 0.1) is 23.7 Å². The molecular formula is C20H27FN2O6S. The van der Waals surface area contributed by atoms with Gasteiger partial charge in [0.15, 0.2) is 6.61 Å². The summed E-state index contributed by atoms with van der Waals surface area (Å²) in [6.45, 7) is 0.382. The highest BCUT2D eigenvalue weighted by Crippen LogP contribution is 2.23. The molecule has 1 aliphatic carbocycles. The van der Waals surface area contributed by atoms with Crippen molar-refractivity contribution in [2.45, 2.75) is 43.0 Å². The van der Waals surface area contributed by atoms with Crippen LogP contribution < -0.4 is 0 Å². The Hall–Kier alpha value is -2.04. The average molecular weight is 443 g/mol. The van der Waals surface area contributed by atoms with Crippen molar-refractivity contribution in [2.75, 3.05) is 40.0 Å². The molecule has 166 valence electrons. The van der Waals surface area contributed by atoms with Gasteiger partial charge in [-0.25, -0.2) is 17.6 Å². The third kappa shape index (κ3) is 5.16. The molecule has 3 rings (SSSR count). The number of carbonyl (C=O) groups is 2. The summed E-state index contributed by atoms with van der Waals surface area (Å²) in [5.41, 5.74) is -0.516. The minimum atomic E-state index is -3.89. The first-order valence-electron chi connectivity index (χ1n) is 10.1. The van der Waals surface area contributed by atoms with Crippen molar-refractivity contribution in [1.82, 2.24) is 9.21 Å². The summed E-state index contributed by atoms with van der Waals surface area (Å²) in [5.74, 6) is -2.35. The van der Waals surface area contributed by atoms with Crippen molar-refractivity contribution in [1.29, 1.82) is 0 Å². The third-order valence-electron chi connectivity index (χ3n) is 5.61. The molecule has 0 aromatic heterocycles. The fourth-order valence-electron chi connectivity index (χ4n) is 3.74. The van der Waals surface area contributed by atoms with Gasteiger partial charge < -0.3 is 14.4 Å². The molecule has 2 aliphatic rings. The van der Waals surface area contributed by atoms with Crippen LogP contribution in [0, 0.1) is 5.82 Å². The first-order chi connectivity index (χ1) is 14.3. The zero-order valence-electron chi connectivity index (χ0n) is 17.0. The summed E-state index contributed by atoms with van der Waals surface area (Å²) >= 11 is 0. The van der Waals surface area contributed by atoms with Crippen LogP contribution in [0.2, 0.25) is 0 Å². The van der Waals surface area contributed by atoms with Crippen molar-refractivity contribution >= 4 is 21.9 Å². The molecule has 0 spiro atoms. The van der Waals surface area contributed by atoms with Crippen molar-refractivity contribution in [3.63, 3.8) is 0 Å². The lowest BCUT2D eigenvalue weighted by Gasteiger charge is -2.31. The van der Waals surface area contributed by atoms with Crippen LogP contribution in [0.15, 0.2) is 23.1 Å². The summed E-state index contributed by atoms with van der Waals surface area (Å²) in [6, 6.07) is 3.10. The van der Waals surface area contributed by atoms with Gasteiger partial charge in [0.1, 0.15) is 5.82 Å². The van der Waals surface area contributed by atoms with E-state index in [1.807, 2.05) is 0 Å². The monoisotopic (exact) mass is 442 g/mol. The average Bonchev–Trinajstić information content (AvgIpc) is 2.78.